The molecule has 6 nitrogen and oxygen atoms in total. The maximum absolute atomic E-state index is 12.4. The molecule has 6 heteroatoms. The number of anilines is 1. The van der Waals surface area contributed by atoms with E-state index in [1.54, 1.807) is 36.4 Å². The van der Waals surface area contributed by atoms with Crippen molar-refractivity contribution in [2.24, 2.45) is 0 Å². The van der Waals surface area contributed by atoms with Crippen LogP contribution in [0.1, 0.15) is 48.5 Å². The topological polar surface area (TPSA) is 84.5 Å². The van der Waals surface area contributed by atoms with Gasteiger partial charge in [0.2, 0.25) is 5.91 Å². The molecule has 1 saturated carbocycles. The van der Waals surface area contributed by atoms with Gasteiger partial charge in [-0.2, -0.15) is 0 Å². The predicted molar refractivity (Wildman–Crippen MR) is 111 cm³/mol. The second kappa shape index (κ2) is 9.68. The number of ether oxygens (including phenoxy) is 1. The average Bonchev–Trinajstić information content (AvgIpc) is 3.20. The van der Waals surface area contributed by atoms with Gasteiger partial charge >= 0.3 is 5.97 Å². The first kappa shape index (κ1) is 20.3. The van der Waals surface area contributed by atoms with E-state index >= 15 is 0 Å². The summed E-state index contributed by atoms with van der Waals surface area (Å²) in [7, 11) is 0. The fourth-order valence-electron chi connectivity index (χ4n) is 3.18. The molecule has 0 atom stereocenters. The highest BCUT2D eigenvalue weighted by Crippen LogP contribution is 2.23. The Morgan fingerprint density at radius 3 is 2.45 bits per heavy atom. The van der Waals surface area contributed by atoms with Crippen LogP contribution < -0.4 is 15.4 Å². The van der Waals surface area contributed by atoms with Crippen LogP contribution in [0.2, 0.25) is 0 Å². The molecule has 0 heterocycles. The van der Waals surface area contributed by atoms with Gasteiger partial charge in [0.05, 0.1) is 0 Å². The molecule has 2 aromatic rings. The number of esters is 1. The minimum Gasteiger partial charge on any atom is -0.427 e. The van der Waals surface area contributed by atoms with Crippen LogP contribution in [0, 0.1) is 0 Å². The first-order valence-corrected chi connectivity index (χ1v) is 9.65. The van der Waals surface area contributed by atoms with Crippen LogP contribution >= 0.6 is 0 Å². The first-order chi connectivity index (χ1) is 14.0. The van der Waals surface area contributed by atoms with Gasteiger partial charge < -0.3 is 15.4 Å². The maximum atomic E-state index is 12.4. The average molecular weight is 392 g/mol. The van der Waals surface area contributed by atoms with E-state index in [9.17, 15) is 14.4 Å². The summed E-state index contributed by atoms with van der Waals surface area (Å²) in [4.78, 5) is 35.4. The van der Waals surface area contributed by atoms with E-state index in [1.807, 2.05) is 12.1 Å². The molecule has 2 aromatic carbocycles. The highest BCUT2D eigenvalue weighted by atomic mass is 16.5. The molecule has 150 valence electrons. The zero-order valence-corrected chi connectivity index (χ0v) is 16.4. The van der Waals surface area contributed by atoms with Crippen molar-refractivity contribution < 1.29 is 19.1 Å². The standard InChI is InChI=1S/C23H24N2O4/c1-16(26)29-21-8-4-7-19(14-21)23(28)25-20-11-9-18(10-12-20)15-24-22(27)13-17-5-2-3-6-17/h4,7-14H,2-3,5-6,15H2,1H3,(H,24,27)(H,25,28). The second-order valence-corrected chi connectivity index (χ2v) is 7.00. The molecule has 0 spiro atoms. The first-order valence-electron chi connectivity index (χ1n) is 9.65. The van der Waals surface area contributed by atoms with Crippen molar-refractivity contribution in [3.05, 3.63) is 71.3 Å². The summed E-state index contributed by atoms with van der Waals surface area (Å²) in [6.45, 7) is 1.74. The maximum Gasteiger partial charge on any atom is 0.308 e. The van der Waals surface area contributed by atoms with E-state index in [2.05, 4.69) is 10.6 Å². The molecule has 3 rings (SSSR count). The van der Waals surface area contributed by atoms with Crippen molar-refractivity contribution in [2.75, 3.05) is 5.32 Å². The molecule has 0 aliphatic heterocycles. The van der Waals surface area contributed by atoms with Crippen molar-refractivity contribution in [1.82, 2.24) is 5.32 Å². The van der Waals surface area contributed by atoms with Crippen LogP contribution in [0.25, 0.3) is 0 Å². The van der Waals surface area contributed by atoms with Gasteiger partial charge in [-0.25, -0.2) is 0 Å². The Balaban J connectivity index is 1.53. The Kier molecular flexibility index (Phi) is 6.79. The number of carbonyl (C=O) groups is 3. The van der Waals surface area contributed by atoms with E-state index in [0.717, 1.165) is 18.4 Å². The zero-order valence-electron chi connectivity index (χ0n) is 16.4. The second-order valence-electron chi connectivity index (χ2n) is 7.00. The fraction of sp³-hybridized carbons (Fsp3) is 0.261. The third kappa shape index (κ3) is 6.31. The number of benzene rings is 2. The number of hydrogen-bond donors (Lipinski definition) is 2. The van der Waals surface area contributed by atoms with Crippen LogP contribution in [0.3, 0.4) is 0 Å². The minimum atomic E-state index is -0.440. The Labute approximate surface area is 170 Å². The molecule has 0 aromatic heterocycles. The Morgan fingerprint density at radius 2 is 1.76 bits per heavy atom. The van der Waals surface area contributed by atoms with Crippen LogP contribution in [0.4, 0.5) is 5.69 Å². The number of nitrogens with one attached hydrogen (secondary N) is 2. The number of allylic oxidation sites excluding steroid dienone is 1. The zero-order chi connectivity index (χ0) is 20.6. The van der Waals surface area contributed by atoms with Crippen molar-refractivity contribution in [3.63, 3.8) is 0 Å². The van der Waals surface area contributed by atoms with E-state index in [1.165, 1.54) is 31.4 Å². The van der Waals surface area contributed by atoms with Gasteiger partial charge in [0.15, 0.2) is 0 Å². The van der Waals surface area contributed by atoms with E-state index in [4.69, 9.17) is 4.74 Å². The summed E-state index contributed by atoms with van der Waals surface area (Å²) < 4.78 is 5.00. The van der Waals surface area contributed by atoms with Gasteiger partial charge in [-0.15, -0.1) is 0 Å². The molecular weight excluding hydrogens is 368 g/mol. The largest absolute Gasteiger partial charge is 0.427 e. The number of carbonyl (C=O) groups excluding carboxylic acids is 3. The van der Waals surface area contributed by atoms with Crippen LogP contribution in [0.5, 0.6) is 5.75 Å². The lowest BCUT2D eigenvalue weighted by Gasteiger charge is -2.08. The highest BCUT2D eigenvalue weighted by molar-refractivity contribution is 6.04. The van der Waals surface area contributed by atoms with Gasteiger partial charge in [0.1, 0.15) is 5.75 Å². The van der Waals surface area contributed by atoms with Gasteiger partial charge in [-0.05, 0) is 61.6 Å². The minimum absolute atomic E-state index is 0.0630. The van der Waals surface area contributed by atoms with Crippen molar-refractivity contribution in [1.29, 1.82) is 0 Å². The molecule has 1 aliphatic carbocycles. The summed E-state index contributed by atoms with van der Waals surface area (Å²) in [6, 6.07) is 13.7. The summed E-state index contributed by atoms with van der Waals surface area (Å²) in [5, 5.41) is 5.69. The molecule has 0 unspecified atom stereocenters. The van der Waals surface area contributed by atoms with Crippen LogP contribution in [-0.4, -0.2) is 17.8 Å². The van der Waals surface area contributed by atoms with Crippen LogP contribution in [-0.2, 0) is 16.1 Å². The third-order valence-corrected chi connectivity index (χ3v) is 4.62. The number of hydrogen-bond acceptors (Lipinski definition) is 4. The smallest absolute Gasteiger partial charge is 0.308 e. The SMILES string of the molecule is CC(=O)Oc1cccc(C(=O)Nc2ccc(CNC(=O)C=C3CCCC3)cc2)c1. The summed E-state index contributed by atoms with van der Waals surface area (Å²) in [6.07, 6.45) is 6.09. The van der Waals surface area contributed by atoms with E-state index < -0.39 is 5.97 Å². The Morgan fingerprint density at radius 1 is 1.03 bits per heavy atom. The lowest BCUT2D eigenvalue weighted by atomic mass is 10.1. The van der Waals surface area contributed by atoms with Gasteiger partial charge in [-0.1, -0.05) is 23.8 Å². The van der Waals surface area contributed by atoms with Gasteiger partial charge in [-0.3, -0.25) is 14.4 Å². The Bertz CT molecular complexity index is 924. The highest BCUT2D eigenvalue weighted by Gasteiger charge is 2.10. The number of amides is 2. The predicted octanol–water partition coefficient (Wildman–Crippen LogP) is 3.98. The summed E-state index contributed by atoms with van der Waals surface area (Å²) in [5.41, 5.74) is 3.19. The molecule has 0 saturated heterocycles. The van der Waals surface area contributed by atoms with Crippen molar-refractivity contribution in [2.45, 2.75) is 39.2 Å². The quantitative estimate of drug-likeness (QED) is 0.442. The molecular formula is C23H24N2O4. The third-order valence-electron chi connectivity index (χ3n) is 4.62. The normalized spacial score (nSPS) is 12.9. The van der Waals surface area contributed by atoms with Gasteiger partial charge in [0, 0.05) is 30.8 Å². The molecule has 1 aliphatic rings. The molecule has 2 amide bonds. The number of rotatable bonds is 6. The van der Waals surface area contributed by atoms with Crippen molar-refractivity contribution >= 4 is 23.5 Å². The Hall–Kier alpha value is -3.41. The summed E-state index contributed by atoms with van der Waals surface area (Å²) in [5.74, 6) is -0.483. The lowest BCUT2D eigenvalue weighted by Crippen LogP contribution is -2.20. The molecule has 29 heavy (non-hydrogen) atoms. The molecule has 0 radical (unpaired) electrons. The van der Waals surface area contributed by atoms with E-state index in [-0.39, 0.29) is 11.8 Å². The molecule has 1 fully saturated rings. The molecule has 2 N–H and O–H groups in total. The lowest BCUT2D eigenvalue weighted by molar-refractivity contribution is -0.131. The van der Waals surface area contributed by atoms with Gasteiger partial charge in [0.25, 0.3) is 5.91 Å². The van der Waals surface area contributed by atoms with E-state index in [0.29, 0.717) is 23.5 Å². The van der Waals surface area contributed by atoms with Crippen molar-refractivity contribution in [3.8, 4) is 5.75 Å². The fourth-order valence-corrected chi connectivity index (χ4v) is 3.18. The monoisotopic (exact) mass is 392 g/mol. The van der Waals surface area contributed by atoms with Crippen LogP contribution in [0.15, 0.2) is 60.2 Å². The summed E-state index contributed by atoms with van der Waals surface area (Å²) >= 11 is 0. The molecule has 0 bridgehead atoms.